The molecule has 1 heterocycles. The number of carbonyl (C=O) groups is 1. The van der Waals surface area contributed by atoms with Crippen LogP contribution < -0.4 is 10.6 Å². The lowest BCUT2D eigenvalue weighted by Crippen LogP contribution is -2.21. The van der Waals surface area contributed by atoms with E-state index in [1.165, 1.54) is 10.9 Å². The normalized spacial score (nSPS) is 11.4. The van der Waals surface area contributed by atoms with Gasteiger partial charge in [-0.25, -0.2) is 18.6 Å². The first-order valence-corrected chi connectivity index (χ1v) is 11.6. The standard InChI is InChI=1S/C20H20F2N4O4S2/c1-26(2)10-14-6-4-3-5-13(14)9-23-15-7-16(21)19(17(22)8-15)32(28,29)30-20(27)25-18-11-31-12-24-18/h3-8,11-12,23H,9-10H2,1-2H3,(H,25,27). The van der Waals surface area contributed by atoms with E-state index < -0.39 is 32.7 Å². The highest BCUT2D eigenvalue weighted by atomic mass is 32.2. The number of anilines is 2. The molecule has 2 aromatic carbocycles. The smallest absolute Gasteiger partial charge is 0.381 e. The molecule has 12 heteroatoms. The van der Waals surface area contributed by atoms with Gasteiger partial charge in [0.1, 0.15) is 17.5 Å². The molecular formula is C20H20F2N4O4S2. The van der Waals surface area contributed by atoms with Crippen molar-refractivity contribution in [2.45, 2.75) is 18.0 Å². The van der Waals surface area contributed by atoms with Crippen molar-refractivity contribution in [1.29, 1.82) is 0 Å². The Morgan fingerprint density at radius 1 is 1.16 bits per heavy atom. The Labute approximate surface area is 188 Å². The van der Waals surface area contributed by atoms with Crippen LogP contribution in [0.25, 0.3) is 0 Å². The average Bonchev–Trinajstić information content (AvgIpc) is 3.18. The van der Waals surface area contributed by atoms with E-state index >= 15 is 0 Å². The Balaban J connectivity index is 1.74. The Bertz CT molecular complexity index is 1180. The maximum atomic E-state index is 14.5. The second-order valence-electron chi connectivity index (χ2n) is 6.95. The molecule has 1 amide bonds. The van der Waals surface area contributed by atoms with Gasteiger partial charge in [-0.1, -0.05) is 24.3 Å². The second-order valence-corrected chi connectivity index (χ2v) is 9.15. The monoisotopic (exact) mass is 482 g/mol. The molecule has 0 saturated heterocycles. The number of nitrogens with one attached hydrogen (secondary N) is 2. The summed E-state index contributed by atoms with van der Waals surface area (Å²) in [6, 6.07) is 9.22. The summed E-state index contributed by atoms with van der Waals surface area (Å²) < 4.78 is 57.8. The van der Waals surface area contributed by atoms with Crippen molar-refractivity contribution in [3.63, 3.8) is 0 Å². The zero-order chi connectivity index (χ0) is 23.3. The molecule has 2 N–H and O–H groups in total. The summed E-state index contributed by atoms with van der Waals surface area (Å²) in [5.41, 5.74) is 3.38. The fourth-order valence-electron chi connectivity index (χ4n) is 2.86. The third-order valence-electron chi connectivity index (χ3n) is 4.18. The van der Waals surface area contributed by atoms with E-state index in [1.807, 2.05) is 43.3 Å². The van der Waals surface area contributed by atoms with Gasteiger partial charge in [-0.05, 0) is 37.4 Å². The first-order chi connectivity index (χ1) is 15.2. The molecular weight excluding hydrogens is 462 g/mol. The van der Waals surface area contributed by atoms with Crippen LogP contribution in [0.4, 0.5) is 25.1 Å². The van der Waals surface area contributed by atoms with Crippen LogP contribution in [0, 0.1) is 11.6 Å². The van der Waals surface area contributed by atoms with Crippen molar-refractivity contribution in [2.75, 3.05) is 24.7 Å². The van der Waals surface area contributed by atoms with E-state index in [0.29, 0.717) is 6.54 Å². The molecule has 0 atom stereocenters. The number of carbonyl (C=O) groups excluding carboxylic acids is 1. The minimum atomic E-state index is -5.05. The summed E-state index contributed by atoms with van der Waals surface area (Å²) in [5.74, 6) is -2.74. The Morgan fingerprint density at radius 3 is 2.41 bits per heavy atom. The lowest BCUT2D eigenvalue weighted by Gasteiger charge is -2.15. The Morgan fingerprint density at radius 2 is 1.81 bits per heavy atom. The third kappa shape index (κ3) is 5.99. The lowest BCUT2D eigenvalue weighted by atomic mass is 10.1. The number of halogens is 2. The van der Waals surface area contributed by atoms with Crippen molar-refractivity contribution in [2.24, 2.45) is 0 Å². The van der Waals surface area contributed by atoms with Crippen LogP contribution in [0.15, 0.2) is 52.2 Å². The highest BCUT2D eigenvalue weighted by Gasteiger charge is 2.29. The summed E-state index contributed by atoms with van der Waals surface area (Å²) >= 11 is 1.15. The van der Waals surface area contributed by atoms with Crippen LogP contribution in [0.2, 0.25) is 0 Å². The van der Waals surface area contributed by atoms with Crippen LogP contribution >= 0.6 is 11.3 Å². The topological polar surface area (TPSA) is 101 Å². The van der Waals surface area contributed by atoms with Crippen molar-refractivity contribution >= 4 is 39.1 Å². The predicted octanol–water partition coefficient (Wildman–Crippen LogP) is 4.03. The molecule has 3 aromatic rings. The maximum absolute atomic E-state index is 14.5. The van der Waals surface area contributed by atoms with Gasteiger partial charge < -0.3 is 14.4 Å². The quantitative estimate of drug-likeness (QED) is 0.468. The van der Waals surface area contributed by atoms with Crippen molar-refractivity contribution in [3.05, 3.63) is 70.1 Å². The van der Waals surface area contributed by atoms with Crippen molar-refractivity contribution < 1.29 is 26.2 Å². The minimum absolute atomic E-state index is 0.0329. The molecule has 0 aliphatic rings. The number of benzene rings is 2. The SMILES string of the molecule is CN(C)Cc1ccccc1CNc1cc(F)c(S(=O)(=O)OC(=O)Nc2cscn2)c(F)c1. The second kappa shape index (κ2) is 10.0. The molecule has 0 bridgehead atoms. The molecule has 0 aliphatic heterocycles. The molecule has 3 rings (SSSR count). The molecule has 170 valence electrons. The maximum Gasteiger partial charge on any atom is 0.428 e. The Hall–Kier alpha value is -3.09. The number of thiazole rings is 1. The van der Waals surface area contributed by atoms with E-state index in [0.717, 1.165) is 34.6 Å². The molecule has 0 radical (unpaired) electrons. The highest BCUT2D eigenvalue weighted by molar-refractivity contribution is 7.87. The van der Waals surface area contributed by atoms with E-state index in [9.17, 15) is 22.0 Å². The van der Waals surface area contributed by atoms with Gasteiger partial charge in [-0.3, -0.25) is 5.32 Å². The van der Waals surface area contributed by atoms with Gasteiger partial charge in [0, 0.05) is 24.2 Å². The minimum Gasteiger partial charge on any atom is -0.381 e. The summed E-state index contributed by atoms with van der Waals surface area (Å²) in [5, 5.41) is 6.36. The fourth-order valence-corrected chi connectivity index (χ4v) is 4.27. The zero-order valence-electron chi connectivity index (χ0n) is 17.1. The first-order valence-electron chi connectivity index (χ1n) is 9.24. The number of aromatic nitrogens is 1. The number of hydrogen-bond acceptors (Lipinski definition) is 8. The van der Waals surface area contributed by atoms with E-state index in [4.69, 9.17) is 0 Å². The fraction of sp³-hybridized carbons (Fsp3) is 0.200. The molecule has 0 spiro atoms. The molecule has 1 aromatic heterocycles. The van der Waals surface area contributed by atoms with Gasteiger partial charge in [-0.15, -0.1) is 11.3 Å². The van der Waals surface area contributed by atoms with E-state index in [-0.39, 0.29) is 18.1 Å². The molecule has 8 nitrogen and oxygen atoms in total. The van der Waals surface area contributed by atoms with Crippen molar-refractivity contribution in [1.82, 2.24) is 9.88 Å². The van der Waals surface area contributed by atoms with Crippen LogP contribution in [0.1, 0.15) is 11.1 Å². The lowest BCUT2D eigenvalue weighted by molar-refractivity contribution is 0.216. The van der Waals surface area contributed by atoms with E-state index in [1.54, 1.807) is 0 Å². The molecule has 32 heavy (non-hydrogen) atoms. The Kier molecular flexibility index (Phi) is 7.38. The van der Waals surface area contributed by atoms with Gasteiger partial charge in [0.2, 0.25) is 0 Å². The van der Waals surface area contributed by atoms with Crippen LogP contribution in [0.3, 0.4) is 0 Å². The molecule has 0 fully saturated rings. The van der Waals surface area contributed by atoms with Crippen LogP contribution in [-0.4, -0.2) is 38.5 Å². The number of rotatable bonds is 8. The largest absolute Gasteiger partial charge is 0.428 e. The van der Waals surface area contributed by atoms with Gasteiger partial charge in [0.05, 0.1) is 5.51 Å². The third-order valence-corrected chi connectivity index (χ3v) is 6.03. The summed E-state index contributed by atoms with van der Waals surface area (Å²) in [6.07, 6.45) is -1.44. The molecule has 0 aliphatic carbocycles. The van der Waals surface area contributed by atoms with Gasteiger partial charge >= 0.3 is 16.2 Å². The van der Waals surface area contributed by atoms with E-state index in [2.05, 4.69) is 19.8 Å². The number of hydrogen-bond donors (Lipinski definition) is 2. The van der Waals surface area contributed by atoms with Gasteiger partial charge in [0.25, 0.3) is 0 Å². The van der Waals surface area contributed by atoms with Crippen molar-refractivity contribution in [3.8, 4) is 0 Å². The van der Waals surface area contributed by atoms with Crippen LogP contribution in [-0.2, 0) is 27.4 Å². The summed E-state index contributed by atoms with van der Waals surface area (Å²) in [6.45, 7) is 0.944. The van der Waals surface area contributed by atoms with Gasteiger partial charge in [-0.2, -0.15) is 8.42 Å². The van der Waals surface area contributed by atoms with Crippen LogP contribution in [0.5, 0.6) is 0 Å². The van der Waals surface area contributed by atoms with Gasteiger partial charge in [0.15, 0.2) is 4.90 Å². The number of amides is 1. The number of nitrogens with zero attached hydrogens (tertiary/aromatic N) is 2. The molecule has 0 saturated carbocycles. The first kappa shape index (κ1) is 23.6. The highest BCUT2D eigenvalue weighted by Crippen LogP contribution is 2.26. The average molecular weight is 483 g/mol. The summed E-state index contributed by atoms with van der Waals surface area (Å²) in [4.78, 5) is 16.1. The molecule has 0 unspecified atom stereocenters. The summed E-state index contributed by atoms with van der Waals surface area (Å²) in [7, 11) is -1.20. The zero-order valence-corrected chi connectivity index (χ0v) is 18.8. The predicted molar refractivity (Wildman–Crippen MR) is 117 cm³/mol.